The van der Waals surface area contributed by atoms with Crippen LogP contribution in [0, 0.1) is 0 Å². The van der Waals surface area contributed by atoms with Crippen LogP contribution in [0.15, 0.2) is 81.8 Å². The maximum atomic E-state index is 12.8. The van der Waals surface area contributed by atoms with Gasteiger partial charge in [0.15, 0.2) is 10.9 Å². The van der Waals surface area contributed by atoms with Crippen LogP contribution in [-0.4, -0.2) is 31.0 Å². The first-order valence-electron chi connectivity index (χ1n) is 10.1. The van der Waals surface area contributed by atoms with Crippen molar-refractivity contribution in [2.75, 3.05) is 0 Å². The Kier molecular flexibility index (Phi) is 6.57. The quantitative estimate of drug-likeness (QED) is 0.317. The average Bonchev–Trinajstić information content (AvgIpc) is 3.15. The molecule has 4 rings (SSSR count). The van der Waals surface area contributed by atoms with Crippen LogP contribution in [0.4, 0.5) is 0 Å². The highest BCUT2D eigenvalue weighted by Gasteiger charge is 2.29. The number of fused-ring (bicyclic) bond motifs is 1. The number of hydrogen-bond acceptors (Lipinski definition) is 7. The minimum atomic E-state index is -4.02. The Morgan fingerprint density at radius 2 is 1.81 bits per heavy atom. The smallest absolute Gasteiger partial charge is 0.339 e. The highest BCUT2D eigenvalue weighted by Crippen LogP contribution is 2.29. The number of carbonyl (C=O) groups excluding carboxylic acids is 1. The first-order chi connectivity index (χ1) is 15.5. The summed E-state index contributed by atoms with van der Waals surface area (Å²) in [6.45, 7) is 2.02. The van der Waals surface area contributed by atoms with E-state index in [-0.39, 0.29) is 21.8 Å². The SMILES string of the molecule is CCC[C@@H]1SC(=NN=Cc2c(OS(=O)(=O)c3ccccc3)ccc3ccccc23)NC1=O. The fourth-order valence-corrected chi connectivity index (χ4v) is 5.29. The Labute approximate surface area is 190 Å². The molecule has 0 radical (unpaired) electrons. The number of nitrogens with one attached hydrogen (secondary N) is 1. The predicted octanol–water partition coefficient (Wildman–Crippen LogP) is 4.33. The van der Waals surface area contributed by atoms with E-state index in [1.165, 1.54) is 30.1 Å². The van der Waals surface area contributed by atoms with Gasteiger partial charge in [-0.1, -0.05) is 73.6 Å². The van der Waals surface area contributed by atoms with Gasteiger partial charge in [0.25, 0.3) is 0 Å². The van der Waals surface area contributed by atoms with E-state index in [9.17, 15) is 13.2 Å². The lowest BCUT2D eigenvalue weighted by molar-refractivity contribution is -0.118. The van der Waals surface area contributed by atoms with E-state index in [1.807, 2.05) is 31.2 Å². The van der Waals surface area contributed by atoms with Crippen molar-refractivity contribution in [2.24, 2.45) is 10.2 Å². The van der Waals surface area contributed by atoms with Crippen LogP contribution in [0.5, 0.6) is 5.75 Å². The minimum absolute atomic E-state index is 0.0586. The molecule has 1 heterocycles. The van der Waals surface area contributed by atoms with Gasteiger partial charge in [-0.05, 0) is 35.4 Å². The summed E-state index contributed by atoms with van der Waals surface area (Å²) in [5, 5.41) is 12.9. The molecule has 1 fully saturated rings. The standard InChI is InChI=1S/C23H21N3O4S2/c1-2-8-21-22(27)25-23(31-21)26-24-15-19-18-12-7-6-9-16(18)13-14-20(19)30-32(28,29)17-10-4-3-5-11-17/h3-7,9-15,21H,2,8H2,1H3,(H,25,26,27)/t21-/m0/s1. The molecule has 164 valence electrons. The Morgan fingerprint density at radius 3 is 2.59 bits per heavy atom. The summed E-state index contributed by atoms with van der Waals surface area (Å²) in [5.74, 6) is 0.0670. The third-order valence-electron chi connectivity index (χ3n) is 4.82. The van der Waals surface area contributed by atoms with Crippen molar-refractivity contribution in [1.29, 1.82) is 0 Å². The van der Waals surface area contributed by atoms with Crippen molar-refractivity contribution in [3.05, 3.63) is 72.3 Å². The van der Waals surface area contributed by atoms with Gasteiger partial charge in [-0.2, -0.15) is 13.5 Å². The summed E-state index contributed by atoms with van der Waals surface area (Å²) in [7, 11) is -4.02. The van der Waals surface area contributed by atoms with Crippen LogP contribution in [0.3, 0.4) is 0 Å². The zero-order chi connectivity index (χ0) is 22.6. The molecule has 9 heteroatoms. The summed E-state index contributed by atoms with van der Waals surface area (Å²) in [6.07, 6.45) is 3.11. The molecule has 0 aliphatic carbocycles. The average molecular weight is 468 g/mol. The fourth-order valence-electron chi connectivity index (χ4n) is 3.28. The molecule has 0 saturated carbocycles. The maximum Gasteiger partial charge on any atom is 0.339 e. The van der Waals surface area contributed by atoms with Crippen LogP contribution in [-0.2, 0) is 14.9 Å². The molecule has 7 nitrogen and oxygen atoms in total. The molecule has 0 spiro atoms. The molecule has 0 aromatic heterocycles. The topological polar surface area (TPSA) is 97.2 Å². The molecule has 1 amide bonds. The number of nitrogens with zero attached hydrogens (tertiary/aromatic N) is 2. The first-order valence-corrected chi connectivity index (χ1v) is 12.4. The highest BCUT2D eigenvalue weighted by atomic mass is 32.2. The van der Waals surface area contributed by atoms with Crippen LogP contribution >= 0.6 is 11.8 Å². The van der Waals surface area contributed by atoms with Gasteiger partial charge in [0.05, 0.1) is 11.5 Å². The molecule has 32 heavy (non-hydrogen) atoms. The lowest BCUT2D eigenvalue weighted by Gasteiger charge is -2.11. The summed E-state index contributed by atoms with van der Waals surface area (Å²) in [4.78, 5) is 12.0. The molecule has 0 bridgehead atoms. The monoisotopic (exact) mass is 467 g/mol. The summed E-state index contributed by atoms with van der Waals surface area (Å²) in [6, 6.07) is 18.8. The third-order valence-corrected chi connectivity index (χ3v) is 7.21. The lowest BCUT2D eigenvalue weighted by atomic mass is 10.0. The first kappa shape index (κ1) is 22.0. The fraction of sp³-hybridized carbons (Fsp3) is 0.174. The van der Waals surface area contributed by atoms with Crippen LogP contribution in [0.1, 0.15) is 25.3 Å². The van der Waals surface area contributed by atoms with E-state index >= 15 is 0 Å². The number of benzene rings is 3. The molecule has 1 N–H and O–H groups in total. The molecular weight excluding hydrogens is 446 g/mol. The third kappa shape index (κ3) is 4.84. The zero-order valence-corrected chi connectivity index (χ0v) is 18.9. The van der Waals surface area contributed by atoms with Gasteiger partial charge in [-0.25, -0.2) is 0 Å². The summed E-state index contributed by atoms with van der Waals surface area (Å²) < 4.78 is 31.0. The van der Waals surface area contributed by atoms with E-state index in [0.29, 0.717) is 10.7 Å². The molecule has 1 atom stereocenters. The van der Waals surface area contributed by atoms with Crippen molar-refractivity contribution in [2.45, 2.75) is 29.9 Å². The lowest BCUT2D eigenvalue weighted by Crippen LogP contribution is -2.24. The summed E-state index contributed by atoms with van der Waals surface area (Å²) in [5.41, 5.74) is 0.478. The van der Waals surface area contributed by atoms with E-state index < -0.39 is 10.1 Å². The van der Waals surface area contributed by atoms with Crippen molar-refractivity contribution >= 4 is 49.9 Å². The second kappa shape index (κ2) is 9.54. The minimum Gasteiger partial charge on any atom is -0.378 e. The Balaban J connectivity index is 1.68. The second-order valence-corrected chi connectivity index (χ2v) is 9.82. The highest BCUT2D eigenvalue weighted by molar-refractivity contribution is 8.15. The van der Waals surface area contributed by atoms with Crippen LogP contribution in [0.25, 0.3) is 10.8 Å². The van der Waals surface area contributed by atoms with Crippen molar-refractivity contribution in [3.8, 4) is 5.75 Å². The predicted molar refractivity (Wildman–Crippen MR) is 128 cm³/mol. The summed E-state index contributed by atoms with van der Waals surface area (Å²) >= 11 is 1.34. The number of thioether (sulfide) groups is 1. The van der Waals surface area contributed by atoms with Gasteiger partial charge in [-0.3, -0.25) is 4.79 Å². The van der Waals surface area contributed by atoms with Crippen LogP contribution in [0.2, 0.25) is 0 Å². The molecular formula is C23H21N3O4S2. The van der Waals surface area contributed by atoms with Gasteiger partial charge in [-0.15, -0.1) is 5.10 Å². The van der Waals surface area contributed by atoms with Crippen LogP contribution < -0.4 is 9.50 Å². The molecule has 3 aromatic rings. The largest absolute Gasteiger partial charge is 0.378 e. The van der Waals surface area contributed by atoms with E-state index in [1.54, 1.807) is 30.3 Å². The molecule has 1 aliphatic rings. The number of carbonyl (C=O) groups is 1. The van der Waals surface area contributed by atoms with Crippen molar-refractivity contribution in [3.63, 3.8) is 0 Å². The number of amides is 1. The number of hydrogen-bond donors (Lipinski definition) is 1. The molecule has 0 unspecified atom stereocenters. The Hall–Kier alpha value is -3.17. The van der Waals surface area contributed by atoms with Gasteiger partial charge < -0.3 is 9.50 Å². The normalized spacial score (nSPS) is 17.8. The van der Waals surface area contributed by atoms with E-state index in [0.717, 1.165) is 23.6 Å². The maximum absolute atomic E-state index is 12.8. The van der Waals surface area contributed by atoms with Gasteiger partial charge in [0, 0.05) is 5.56 Å². The van der Waals surface area contributed by atoms with E-state index in [2.05, 4.69) is 15.5 Å². The van der Waals surface area contributed by atoms with Gasteiger partial charge in [0.2, 0.25) is 5.91 Å². The molecule has 1 aliphatic heterocycles. The number of amidine groups is 1. The Bertz CT molecular complexity index is 1310. The zero-order valence-electron chi connectivity index (χ0n) is 17.3. The second-order valence-electron chi connectivity index (χ2n) is 7.08. The molecule has 1 saturated heterocycles. The van der Waals surface area contributed by atoms with E-state index in [4.69, 9.17) is 4.18 Å². The van der Waals surface area contributed by atoms with Gasteiger partial charge in [0.1, 0.15) is 4.90 Å². The molecule has 3 aromatic carbocycles. The van der Waals surface area contributed by atoms with Gasteiger partial charge >= 0.3 is 10.1 Å². The number of rotatable bonds is 7. The Morgan fingerprint density at radius 1 is 1.06 bits per heavy atom. The van der Waals surface area contributed by atoms with Crippen molar-refractivity contribution < 1.29 is 17.4 Å². The van der Waals surface area contributed by atoms with Crippen molar-refractivity contribution in [1.82, 2.24) is 5.32 Å².